The van der Waals surface area contributed by atoms with E-state index in [2.05, 4.69) is 209 Å². The molecule has 0 saturated heterocycles. The molecule has 6 heteroatoms. The van der Waals surface area contributed by atoms with Crippen LogP contribution in [0.15, 0.2) is 97.8 Å². The highest BCUT2D eigenvalue weighted by atomic mass is 14.8. The van der Waals surface area contributed by atoms with Crippen molar-refractivity contribution in [3.8, 4) is 55.6 Å². The molecule has 0 bridgehead atoms. The van der Waals surface area contributed by atoms with Gasteiger partial charge in [-0.05, 0) is 270 Å². The van der Waals surface area contributed by atoms with Gasteiger partial charge in [0.05, 0.1) is 34.2 Å². The monoisotopic (exact) mass is 1090 g/mol. The van der Waals surface area contributed by atoms with Crippen molar-refractivity contribution < 1.29 is 0 Å². The van der Waals surface area contributed by atoms with Crippen molar-refractivity contribution in [3.63, 3.8) is 0 Å². The van der Waals surface area contributed by atoms with E-state index in [4.69, 9.17) is 0 Å². The van der Waals surface area contributed by atoms with Crippen LogP contribution in [0.4, 0.5) is 0 Å². The minimum Gasteiger partial charge on any atom is -0.260 e. The Balaban J connectivity index is 0.000000109. The molecule has 0 radical (unpaired) electrons. The Hall–Kier alpha value is -8.22. The van der Waals surface area contributed by atoms with Gasteiger partial charge in [-0.15, -0.1) is 0 Å². The second-order valence-corrected chi connectivity index (χ2v) is 24.6. The molecule has 0 amide bonds. The summed E-state index contributed by atoms with van der Waals surface area (Å²) in [5.41, 5.74) is 51.3. The summed E-state index contributed by atoms with van der Waals surface area (Å²) < 4.78 is 0. The number of rotatable bonds is 0. The Bertz CT molecular complexity index is 4310. The zero-order valence-corrected chi connectivity index (χ0v) is 52.5. The van der Waals surface area contributed by atoms with Crippen LogP contribution in [0.3, 0.4) is 0 Å². The molecular formula is C77H80N6. The molecule has 4 aromatic carbocycles. The van der Waals surface area contributed by atoms with Crippen molar-refractivity contribution in [2.24, 2.45) is 0 Å². The van der Waals surface area contributed by atoms with Crippen molar-refractivity contribution in [2.75, 3.05) is 0 Å². The molecule has 6 heterocycles. The second kappa shape index (κ2) is 22.2. The number of aryl methyl sites for hydroxylation is 12. The first kappa shape index (κ1) is 56.6. The topological polar surface area (TPSA) is 77.3 Å². The molecule has 0 spiro atoms. The molecule has 0 atom stereocenters. The number of hydrogen-bond donors (Lipinski definition) is 0. The minimum atomic E-state index is 0.882. The molecule has 418 valence electrons. The van der Waals surface area contributed by atoms with Crippen LogP contribution in [0.2, 0.25) is 0 Å². The number of aromatic nitrogens is 6. The Morgan fingerprint density at radius 1 is 0.253 bits per heavy atom. The third kappa shape index (κ3) is 10.1. The maximum Gasteiger partial charge on any atom is 0.0545 e. The van der Waals surface area contributed by atoms with Gasteiger partial charge in [0.2, 0.25) is 0 Å². The van der Waals surface area contributed by atoms with Crippen molar-refractivity contribution in [2.45, 2.75) is 157 Å². The summed E-state index contributed by atoms with van der Waals surface area (Å²) in [4.78, 5) is 27.3. The zero-order chi connectivity index (χ0) is 59.0. The molecule has 5 aliphatic rings. The predicted molar refractivity (Wildman–Crippen MR) is 345 cm³/mol. The van der Waals surface area contributed by atoms with Crippen molar-refractivity contribution in [1.29, 1.82) is 0 Å². The SMILES string of the molecule is Cc1cc(C)c2c(c1)-c1c(ncc(C)c1C)C2.Cc1cc2c(cc1C)-c1c(ncc(C)c1C)C2.Cc1ccc2c(c1C)Cc1ncc(C)c(C)c1-2.Cc1cnc2c(c1C)-c1c(C)ccc(C)c1C2.Cc1cnc2c(c1C)-c1cccnc1C2. The predicted octanol–water partition coefficient (Wildman–Crippen LogP) is 18.2. The van der Waals surface area contributed by atoms with E-state index in [1.807, 2.05) is 43.2 Å². The molecule has 6 aromatic heterocycles. The Kier molecular flexibility index (Phi) is 15.1. The molecule has 0 saturated carbocycles. The van der Waals surface area contributed by atoms with Crippen LogP contribution in [-0.4, -0.2) is 29.9 Å². The van der Waals surface area contributed by atoms with Gasteiger partial charge in [-0.2, -0.15) is 0 Å². The normalized spacial score (nSPS) is 12.5. The molecule has 5 aliphatic carbocycles. The van der Waals surface area contributed by atoms with Gasteiger partial charge >= 0.3 is 0 Å². The molecule has 10 aromatic rings. The van der Waals surface area contributed by atoms with Crippen LogP contribution in [-0.2, 0) is 32.1 Å². The van der Waals surface area contributed by atoms with Crippen molar-refractivity contribution in [3.05, 3.63) is 254 Å². The molecule has 0 N–H and O–H groups in total. The third-order valence-corrected chi connectivity index (χ3v) is 19.3. The fourth-order valence-corrected chi connectivity index (χ4v) is 13.3. The average molecular weight is 1090 g/mol. The van der Waals surface area contributed by atoms with E-state index in [0.717, 1.165) is 37.8 Å². The van der Waals surface area contributed by atoms with Crippen LogP contribution >= 0.6 is 0 Å². The lowest BCUT2D eigenvalue weighted by atomic mass is 9.94. The molecule has 83 heavy (non-hydrogen) atoms. The third-order valence-electron chi connectivity index (χ3n) is 19.3. The Morgan fingerprint density at radius 3 is 1.29 bits per heavy atom. The van der Waals surface area contributed by atoms with E-state index < -0.39 is 0 Å². The first-order valence-corrected chi connectivity index (χ1v) is 29.7. The molecule has 0 unspecified atom stereocenters. The minimum absolute atomic E-state index is 0.882. The number of pyridine rings is 6. The fraction of sp³-hybridized carbons (Fsp3) is 0.299. The van der Waals surface area contributed by atoms with Gasteiger partial charge < -0.3 is 0 Å². The summed E-state index contributed by atoms with van der Waals surface area (Å²) >= 11 is 0. The van der Waals surface area contributed by atoms with E-state index in [1.165, 1.54) is 207 Å². The van der Waals surface area contributed by atoms with Gasteiger partial charge in [0.1, 0.15) is 0 Å². The van der Waals surface area contributed by atoms with Crippen LogP contribution < -0.4 is 0 Å². The maximum absolute atomic E-state index is 4.62. The summed E-state index contributed by atoms with van der Waals surface area (Å²) in [7, 11) is 0. The molecule has 6 nitrogen and oxygen atoms in total. The lowest BCUT2D eigenvalue weighted by molar-refractivity contribution is 1.05. The van der Waals surface area contributed by atoms with Gasteiger partial charge in [0.25, 0.3) is 0 Å². The van der Waals surface area contributed by atoms with Gasteiger partial charge in [0.15, 0.2) is 0 Å². The Morgan fingerprint density at radius 2 is 0.699 bits per heavy atom. The molecule has 0 fully saturated rings. The van der Waals surface area contributed by atoms with Gasteiger partial charge in [-0.25, -0.2) is 0 Å². The highest BCUT2D eigenvalue weighted by molar-refractivity contribution is 5.84. The van der Waals surface area contributed by atoms with Crippen molar-refractivity contribution >= 4 is 0 Å². The molecular weight excluding hydrogens is 1010 g/mol. The highest BCUT2D eigenvalue weighted by Gasteiger charge is 2.28. The largest absolute Gasteiger partial charge is 0.260 e. The number of hydrogen-bond acceptors (Lipinski definition) is 6. The summed E-state index contributed by atoms with van der Waals surface area (Å²) in [6.07, 6.45) is 16.7. The second-order valence-electron chi connectivity index (χ2n) is 24.6. The summed E-state index contributed by atoms with van der Waals surface area (Å²) in [6.45, 7) is 39.2. The number of nitrogens with zero attached hydrogens (tertiary/aromatic N) is 6. The van der Waals surface area contributed by atoms with Gasteiger partial charge in [-0.3, -0.25) is 29.9 Å². The van der Waals surface area contributed by atoms with Gasteiger partial charge in [-0.1, -0.05) is 60.2 Å². The smallest absolute Gasteiger partial charge is 0.0545 e. The van der Waals surface area contributed by atoms with E-state index in [0.29, 0.717) is 0 Å². The first-order chi connectivity index (χ1) is 39.6. The van der Waals surface area contributed by atoms with Crippen LogP contribution in [0.1, 0.15) is 157 Å². The van der Waals surface area contributed by atoms with E-state index in [-0.39, 0.29) is 0 Å². The van der Waals surface area contributed by atoms with Gasteiger partial charge in [0, 0.05) is 103 Å². The molecule has 0 aliphatic heterocycles. The molecule has 15 rings (SSSR count). The quantitative estimate of drug-likeness (QED) is 0.151. The lowest BCUT2D eigenvalue weighted by Gasteiger charge is -2.11. The van der Waals surface area contributed by atoms with Crippen LogP contribution in [0.5, 0.6) is 0 Å². The van der Waals surface area contributed by atoms with E-state index in [9.17, 15) is 0 Å². The lowest BCUT2D eigenvalue weighted by Crippen LogP contribution is -1.93. The first-order valence-electron chi connectivity index (χ1n) is 29.7. The van der Waals surface area contributed by atoms with E-state index >= 15 is 0 Å². The number of fused-ring (bicyclic) bond motifs is 15. The van der Waals surface area contributed by atoms with E-state index in [1.54, 1.807) is 0 Å². The standard InChI is InChI=1S/4C16H17N.C13H12N2/c1-9-5-13-7-15-16(14(13)6-10(9)2)12(4)11(3)8-17-15;1-9-5-10(2)13-7-15-16(14(13)6-9)12(4)11(3)8-17-15;1-9-5-6-13-14(11(9)3)7-15-16(13)12(4)10(2)8-17-15;1-9-5-6-10(2)15-13(9)7-14-16(15)12(4)11(3)8-17-14;1-8-7-15-12-6-11-10(4-3-5-14-11)13(12)9(8)2/h4*5-6,8H,7H2,1-4H3;3-5,7H,6H2,1-2H3. The summed E-state index contributed by atoms with van der Waals surface area (Å²) in [6, 6.07) is 22.3. The summed E-state index contributed by atoms with van der Waals surface area (Å²) in [5.74, 6) is 0. The average Bonchev–Trinajstić information content (AvgIpc) is 3.15. The zero-order valence-electron chi connectivity index (χ0n) is 52.5. The highest BCUT2D eigenvalue weighted by Crippen LogP contribution is 2.45. The fourth-order valence-electron chi connectivity index (χ4n) is 13.3. The Labute approximate surface area is 494 Å². The van der Waals surface area contributed by atoms with Crippen molar-refractivity contribution in [1.82, 2.24) is 29.9 Å². The van der Waals surface area contributed by atoms with Crippen LogP contribution in [0.25, 0.3) is 55.6 Å². The summed E-state index contributed by atoms with van der Waals surface area (Å²) in [5, 5.41) is 0. The number of benzene rings is 4. The maximum atomic E-state index is 4.62. The van der Waals surface area contributed by atoms with Crippen LogP contribution in [0, 0.1) is 125 Å².